The molecule has 0 bridgehead atoms. The number of nitrogens with one attached hydrogen (secondary N) is 1. The summed E-state index contributed by atoms with van der Waals surface area (Å²) in [6, 6.07) is 5.62. The smallest absolute Gasteiger partial charge is 0.257 e. The molecule has 0 spiro atoms. The molecule has 0 unspecified atom stereocenters. The standard InChI is InChI=1S/C21H23ClN4OS/c1-13-7-8-16(15(22)11-13)25-20(27)17-14(2)28-21-18(17)19(23-12-24-21)26-9-5-3-4-6-10-26/h7-8,11-12H,3-6,9-10H2,1-2H3,(H,25,27). The van der Waals surface area contributed by atoms with Crippen molar-refractivity contribution >= 4 is 50.6 Å². The summed E-state index contributed by atoms with van der Waals surface area (Å²) in [4.78, 5) is 26.3. The van der Waals surface area contributed by atoms with E-state index in [-0.39, 0.29) is 5.91 Å². The normalized spacial score (nSPS) is 14.9. The number of aryl methyl sites for hydroxylation is 2. The average molecular weight is 415 g/mol. The van der Waals surface area contributed by atoms with Gasteiger partial charge in [0.25, 0.3) is 5.91 Å². The molecule has 1 fully saturated rings. The molecule has 1 amide bonds. The maximum atomic E-state index is 13.2. The van der Waals surface area contributed by atoms with Gasteiger partial charge < -0.3 is 10.2 Å². The number of hydrogen-bond acceptors (Lipinski definition) is 5. The van der Waals surface area contributed by atoms with Crippen molar-refractivity contribution in [3.8, 4) is 0 Å². The van der Waals surface area contributed by atoms with Gasteiger partial charge >= 0.3 is 0 Å². The third-order valence-corrected chi connectivity index (χ3v) is 6.48. The maximum Gasteiger partial charge on any atom is 0.257 e. The van der Waals surface area contributed by atoms with Crippen LogP contribution in [0.1, 0.15) is 46.5 Å². The van der Waals surface area contributed by atoms with Crippen LogP contribution >= 0.6 is 22.9 Å². The Bertz CT molecular complexity index is 1020. The number of rotatable bonds is 3. The molecular weight excluding hydrogens is 392 g/mol. The summed E-state index contributed by atoms with van der Waals surface area (Å²) in [5.41, 5.74) is 2.32. The molecule has 5 nitrogen and oxygen atoms in total. The number of carbonyl (C=O) groups is 1. The molecule has 1 aliphatic heterocycles. The molecular formula is C21H23ClN4OS. The zero-order valence-electron chi connectivity index (χ0n) is 16.1. The number of thiophene rings is 1. The van der Waals surface area contributed by atoms with Gasteiger partial charge in [0.2, 0.25) is 0 Å². The third kappa shape index (κ3) is 3.71. The van der Waals surface area contributed by atoms with Crippen LogP contribution in [-0.4, -0.2) is 29.0 Å². The first-order valence-electron chi connectivity index (χ1n) is 9.61. The Morgan fingerprint density at radius 3 is 2.61 bits per heavy atom. The van der Waals surface area contributed by atoms with E-state index < -0.39 is 0 Å². The van der Waals surface area contributed by atoms with Gasteiger partial charge in [0.15, 0.2) is 0 Å². The third-order valence-electron chi connectivity index (χ3n) is 5.15. The Morgan fingerprint density at radius 1 is 1.14 bits per heavy atom. The predicted octanol–water partition coefficient (Wildman–Crippen LogP) is 5.59. The fraction of sp³-hybridized carbons (Fsp3) is 0.381. The number of hydrogen-bond donors (Lipinski definition) is 1. The van der Waals surface area contributed by atoms with Gasteiger partial charge in [0.1, 0.15) is 17.0 Å². The van der Waals surface area contributed by atoms with Gasteiger partial charge in [-0.15, -0.1) is 11.3 Å². The van der Waals surface area contributed by atoms with Crippen molar-refractivity contribution in [2.24, 2.45) is 0 Å². The zero-order valence-corrected chi connectivity index (χ0v) is 17.7. The van der Waals surface area contributed by atoms with Crippen molar-refractivity contribution in [3.63, 3.8) is 0 Å². The molecule has 2 aromatic heterocycles. The predicted molar refractivity (Wildman–Crippen MR) is 117 cm³/mol. The van der Waals surface area contributed by atoms with E-state index in [9.17, 15) is 4.79 Å². The largest absolute Gasteiger partial charge is 0.356 e. The summed E-state index contributed by atoms with van der Waals surface area (Å²) in [6.45, 7) is 5.86. The lowest BCUT2D eigenvalue weighted by Crippen LogP contribution is -2.25. The van der Waals surface area contributed by atoms with Gasteiger partial charge in [-0.2, -0.15) is 0 Å². The number of anilines is 2. The maximum absolute atomic E-state index is 13.2. The summed E-state index contributed by atoms with van der Waals surface area (Å²) in [5.74, 6) is 0.705. The van der Waals surface area contributed by atoms with Crippen molar-refractivity contribution in [3.05, 3.63) is 45.6 Å². The van der Waals surface area contributed by atoms with E-state index in [1.165, 1.54) is 24.2 Å². The molecule has 0 saturated carbocycles. The molecule has 146 valence electrons. The van der Waals surface area contributed by atoms with E-state index >= 15 is 0 Å². The van der Waals surface area contributed by atoms with Gasteiger partial charge in [0, 0.05) is 18.0 Å². The quantitative estimate of drug-likeness (QED) is 0.606. The number of benzene rings is 1. The monoisotopic (exact) mass is 414 g/mol. The molecule has 7 heteroatoms. The molecule has 3 heterocycles. The summed E-state index contributed by atoms with van der Waals surface area (Å²) in [6.07, 6.45) is 6.39. The van der Waals surface area contributed by atoms with Crippen molar-refractivity contribution in [2.75, 3.05) is 23.3 Å². The molecule has 28 heavy (non-hydrogen) atoms. The highest BCUT2D eigenvalue weighted by molar-refractivity contribution is 7.19. The fourth-order valence-corrected chi connectivity index (χ4v) is 5.00. The zero-order chi connectivity index (χ0) is 19.7. The van der Waals surface area contributed by atoms with E-state index in [1.807, 2.05) is 32.0 Å². The summed E-state index contributed by atoms with van der Waals surface area (Å²) >= 11 is 7.86. The molecule has 1 aliphatic rings. The Labute approximate surface area is 173 Å². The Morgan fingerprint density at radius 2 is 1.89 bits per heavy atom. The van der Waals surface area contributed by atoms with Crippen LogP contribution in [-0.2, 0) is 0 Å². The molecule has 1 N–H and O–H groups in total. The molecule has 1 aromatic carbocycles. The van der Waals surface area contributed by atoms with Crippen LogP contribution in [0.5, 0.6) is 0 Å². The fourth-order valence-electron chi connectivity index (χ4n) is 3.73. The molecule has 1 saturated heterocycles. The lowest BCUT2D eigenvalue weighted by atomic mass is 10.1. The van der Waals surface area contributed by atoms with E-state index in [2.05, 4.69) is 20.2 Å². The Hall–Kier alpha value is -2.18. The van der Waals surface area contributed by atoms with Crippen LogP contribution in [0.2, 0.25) is 5.02 Å². The lowest BCUT2D eigenvalue weighted by molar-refractivity contribution is 0.102. The van der Waals surface area contributed by atoms with E-state index in [4.69, 9.17) is 11.6 Å². The minimum Gasteiger partial charge on any atom is -0.356 e. The number of amides is 1. The van der Waals surface area contributed by atoms with Crippen LogP contribution < -0.4 is 10.2 Å². The number of fused-ring (bicyclic) bond motifs is 1. The first-order chi connectivity index (χ1) is 13.5. The van der Waals surface area contributed by atoms with Gasteiger partial charge in [-0.3, -0.25) is 4.79 Å². The Balaban J connectivity index is 1.75. The van der Waals surface area contributed by atoms with Gasteiger partial charge in [-0.1, -0.05) is 30.5 Å². The van der Waals surface area contributed by atoms with Crippen LogP contribution in [0.25, 0.3) is 10.2 Å². The number of nitrogens with zero attached hydrogens (tertiary/aromatic N) is 3. The Kier molecular flexibility index (Phi) is 5.51. The van der Waals surface area contributed by atoms with Gasteiger partial charge in [-0.05, 0) is 44.4 Å². The van der Waals surface area contributed by atoms with E-state index in [0.717, 1.165) is 52.4 Å². The van der Waals surface area contributed by atoms with Gasteiger partial charge in [-0.25, -0.2) is 9.97 Å². The number of carbonyl (C=O) groups excluding carboxylic acids is 1. The van der Waals surface area contributed by atoms with Crippen LogP contribution in [0, 0.1) is 13.8 Å². The summed E-state index contributed by atoms with van der Waals surface area (Å²) in [5, 5.41) is 4.37. The molecule has 0 aliphatic carbocycles. The molecule has 3 aromatic rings. The second-order valence-electron chi connectivity index (χ2n) is 7.25. The first kappa shape index (κ1) is 19.2. The SMILES string of the molecule is Cc1ccc(NC(=O)c2c(C)sc3ncnc(N4CCCCCC4)c23)c(Cl)c1. The van der Waals surface area contributed by atoms with Crippen LogP contribution in [0.3, 0.4) is 0 Å². The van der Waals surface area contributed by atoms with Crippen molar-refractivity contribution in [2.45, 2.75) is 39.5 Å². The average Bonchev–Trinajstić information content (AvgIpc) is 2.82. The topological polar surface area (TPSA) is 58.1 Å². The highest BCUT2D eigenvalue weighted by Gasteiger charge is 2.24. The lowest BCUT2D eigenvalue weighted by Gasteiger charge is -2.22. The highest BCUT2D eigenvalue weighted by Crippen LogP contribution is 2.36. The van der Waals surface area contributed by atoms with E-state index in [1.54, 1.807) is 6.33 Å². The van der Waals surface area contributed by atoms with Crippen molar-refractivity contribution < 1.29 is 4.79 Å². The minimum absolute atomic E-state index is 0.166. The number of aromatic nitrogens is 2. The second-order valence-corrected chi connectivity index (χ2v) is 8.86. The van der Waals surface area contributed by atoms with E-state index in [0.29, 0.717) is 16.3 Å². The molecule has 4 rings (SSSR count). The second kappa shape index (κ2) is 8.05. The van der Waals surface area contributed by atoms with Crippen LogP contribution in [0.4, 0.5) is 11.5 Å². The van der Waals surface area contributed by atoms with Crippen LogP contribution in [0.15, 0.2) is 24.5 Å². The molecule has 0 atom stereocenters. The van der Waals surface area contributed by atoms with Crippen molar-refractivity contribution in [1.29, 1.82) is 0 Å². The minimum atomic E-state index is -0.166. The first-order valence-corrected chi connectivity index (χ1v) is 10.8. The molecule has 0 radical (unpaired) electrons. The van der Waals surface area contributed by atoms with Gasteiger partial charge in [0.05, 0.1) is 21.7 Å². The summed E-state index contributed by atoms with van der Waals surface area (Å²) < 4.78 is 0. The number of halogens is 1. The van der Waals surface area contributed by atoms with Crippen molar-refractivity contribution in [1.82, 2.24) is 9.97 Å². The highest BCUT2D eigenvalue weighted by atomic mass is 35.5. The summed E-state index contributed by atoms with van der Waals surface area (Å²) in [7, 11) is 0.